The maximum absolute atomic E-state index is 12.5. The number of H-pyrrole nitrogens is 1. The molecule has 6 nitrogen and oxygen atoms in total. The van der Waals surface area contributed by atoms with Crippen LogP contribution >= 0.6 is 11.3 Å². The van der Waals surface area contributed by atoms with Crippen molar-refractivity contribution in [3.05, 3.63) is 61.4 Å². The number of aromatic nitrogens is 3. The molecule has 1 aromatic carbocycles. The van der Waals surface area contributed by atoms with E-state index in [0.717, 1.165) is 27.2 Å². The van der Waals surface area contributed by atoms with Gasteiger partial charge in [-0.3, -0.25) is 9.36 Å². The Morgan fingerprint density at radius 3 is 2.88 bits per heavy atom. The van der Waals surface area contributed by atoms with Gasteiger partial charge in [0.05, 0.1) is 10.9 Å². The molecule has 0 fully saturated rings. The highest BCUT2D eigenvalue weighted by Gasteiger charge is 2.14. The van der Waals surface area contributed by atoms with Crippen molar-refractivity contribution in [3.8, 4) is 0 Å². The van der Waals surface area contributed by atoms with Crippen LogP contribution in [-0.4, -0.2) is 14.5 Å². The molecular weight excluding hydrogens is 338 g/mol. The van der Waals surface area contributed by atoms with Crippen molar-refractivity contribution >= 4 is 32.7 Å². The third kappa shape index (κ3) is 2.60. The first kappa shape index (κ1) is 15.8. The number of hydrogen-bond donors (Lipinski definition) is 1. The monoisotopic (exact) mass is 355 g/mol. The number of hydrogen-bond acceptors (Lipinski definition) is 5. The molecule has 25 heavy (non-hydrogen) atoms. The summed E-state index contributed by atoms with van der Waals surface area (Å²) in [4.78, 5) is 33.8. The summed E-state index contributed by atoms with van der Waals surface area (Å²) in [6.07, 6.45) is 1.26. The van der Waals surface area contributed by atoms with Crippen molar-refractivity contribution in [3.63, 3.8) is 0 Å². The highest BCUT2D eigenvalue weighted by atomic mass is 32.1. The Hall–Kier alpha value is -2.67. The first-order chi connectivity index (χ1) is 12.1. The standard InChI is InChI=1S/C18H17N3O3S/c1-3-11-10(2)25-17-15(11)16(22)19-14(20-17)8-9-21-12-6-4-5-7-13(12)24-18(21)23/h4-7H,3,8-9H2,1-2H3,(H,19,20,22). The van der Waals surface area contributed by atoms with Gasteiger partial charge in [0.1, 0.15) is 10.7 Å². The second-order valence-electron chi connectivity index (χ2n) is 5.92. The van der Waals surface area contributed by atoms with E-state index in [1.807, 2.05) is 32.0 Å². The highest BCUT2D eigenvalue weighted by Crippen LogP contribution is 2.27. The lowest BCUT2D eigenvalue weighted by molar-refractivity contribution is 0.503. The molecule has 1 N–H and O–H groups in total. The third-order valence-electron chi connectivity index (χ3n) is 4.41. The molecule has 0 aliphatic carbocycles. The van der Waals surface area contributed by atoms with Crippen LogP contribution in [0.2, 0.25) is 0 Å². The number of nitrogens with zero attached hydrogens (tertiary/aromatic N) is 2. The van der Waals surface area contributed by atoms with Gasteiger partial charge in [0.2, 0.25) is 0 Å². The summed E-state index contributed by atoms with van der Waals surface area (Å²) >= 11 is 1.54. The lowest BCUT2D eigenvalue weighted by Crippen LogP contribution is -2.18. The lowest BCUT2D eigenvalue weighted by Gasteiger charge is -2.03. The zero-order chi connectivity index (χ0) is 17.6. The molecule has 0 aliphatic rings. The summed E-state index contributed by atoms with van der Waals surface area (Å²) in [5.41, 5.74) is 2.27. The van der Waals surface area contributed by atoms with Gasteiger partial charge in [0.15, 0.2) is 5.58 Å². The normalized spacial score (nSPS) is 11.6. The van der Waals surface area contributed by atoms with E-state index in [1.54, 1.807) is 22.0 Å². The van der Waals surface area contributed by atoms with E-state index in [-0.39, 0.29) is 5.56 Å². The molecule has 0 radical (unpaired) electrons. The van der Waals surface area contributed by atoms with E-state index < -0.39 is 5.76 Å². The van der Waals surface area contributed by atoms with E-state index in [0.29, 0.717) is 29.8 Å². The maximum atomic E-state index is 12.5. The van der Waals surface area contributed by atoms with Gasteiger partial charge in [-0.25, -0.2) is 9.78 Å². The zero-order valence-electron chi connectivity index (χ0n) is 14.0. The van der Waals surface area contributed by atoms with Crippen LogP contribution in [0.5, 0.6) is 0 Å². The minimum Gasteiger partial charge on any atom is -0.408 e. The average Bonchev–Trinajstić information content (AvgIpc) is 3.08. The van der Waals surface area contributed by atoms with Crippen LogP contribution in [0, 0.1) is 6.92 Å². The smallest absolute Gasteiger partial charge is 0.408 e. The molecule has 0 saturated carbocycles. The number of para-hydroxylation sites is 2. The molecular formula is C18H17N3O3S. The number of rotatable bonds is 4. The van der Waals surface area contributed by atoms with Gasteiger partial charge >= 0.3 is 5.76 Å². The predicted molar refractivity (Wildman–Crippen MR) is 98.5 cm³/mol. The maximum Gasteiger partial charge on any atom is 0.419 e. The molecule has 4 aromatic rings. The first-order valence-electron chi connectivity index (χ1n) is 8.18. The number of aromatic amines is 1. The van der Waals surface area contributed by atoms with Crippen molar-refractivity contribution in [2.24, 2.45) is 0 Å². The van der Waals surface area contributed by atoms with Crippen molar-refractivity contribution in [2.45, 2.75) is 33.2 Å². The van der Waals surface area contributed by atoms with Gasteiger partial charge < -0.3 is 9.40 Å². The third-order valence-corrected chi connectivity index (χ3v) is 5.45. The fraction of sp³-hybridized carbons (Fsp3) is 0.278. The summed E-state index contributed by atoms with van der Waals surface area (Å²) in [7, 11) is 0. The summed E-state index contributed by atoms with van der Waals surface area (Å²) in [6, 6.07) is 7.30. The number of oxazole rings is 1. The lowest BCUT2D eigenvalue weighted by atomic mass is 10.1. The summed E-state index contributed by atoms with van der Waals surface area (Å²) in [5.74, 6) is 0.184. The molecule has 0 aliphatic heterocycles. The molecule has 0 bridgehead atoms. The van der Waals surface area contributed by atoms with Crippen LogP contribution in [-0.2, 0) is 19.4 Å². The van der Waals surface area contributed by atoms with Gasteiger partial charge in [-0.05, 0) is 31.0 Å². The van der Waals surface area contributed by atoms with Crippen LogP contribution in [0.25, 0.3) is 21.3 Å². The second kappa shape index (κ2) is 6.00. The molecule has 4 rings (SSSR count). The predicted octanol–water partition coefficient (Wildman–Crippen LogP) is 3.01. The molecule has 7 heteroatoms. The van der Waals surface area contributed by atoms with Crippen LogP contribution in [0.1, 0.15) is 23.2 Å². The van der Waals surface area contributed by atoms with Gasteiger partial charge in [0.25, 0.3) is 5.56 Å². The summed E-state index contributed by atoms with van der Waals surface area (Å²) in [5, 5.41) is 0.694. The van der Waals surface area contributed by atoms with Crippen LogP contribution in [0.15, 0.2) is 38.3 Å². The summed E-state index contributed by atoms with van der Waals surface area (Å²) < 4.78 is 6.80. The van der Waals surface area contributed by atoms with E-state index in [2.05, 4.69) is 9.97 Å². The Kier molecular flexibility index (Phi) is 3.80. The number of benzene rings is 1. The number of thiophene rings is 1. The Morgan fingerprint density at radius 2 is 2.08 bits per heavy atom. The Labute approximate surface area is 146 Å². The Balaban J connectivity index is 1.70. The molecule has 3 heterocycles. The van der Waals surface area contributed by atoms with Crippen LogP contribution in [0.3, 0.4) is 0 Å². The molecule has 0 atom stereocenters. The van der Waals surface area contributed by atoms with Crippen molar-refractivity contribution in [2.75, 3.05) is 0 Å². The SMILES string of the molecule is CCc1c(C)sc2nc(CCn3c(=O)oc4ccccc43)[nH]c(=O)c12. The second-order valence-corrected chi connectivity index (χ2v) is 7.12. The van der Waals surface area contributed by atoms with Gasteiger partial charge in [-0.15, -0.1) is 11.3 Å². The number of fused-ring (bicyclic) bond motifs is 2. The number of aryl methyl sites for hydroxylation is 4. The van der Waals surface area contributed by atoms with Crippen molar-refractivity contribution in [1.29, 1.82) is 0 Å². The minimum atomic E-state index is -0.398. The molecule has 0 saturated heterocycles. The van der Waals surface area contributed by atoms with Gasteiger partial charge in [-0.1, -0.05) is 19.1 Å². The van der Waals surface area contributed by atoms with Crippen molar-refractivity contribution in [1.82, 2.24) is 14.5 Å². The van der Waals surface area contributed by atoms with Crippen LogP contribution in [0.4, 0.5) is 0 Å². The summed E-state index contributed by atoms with van der Waals surface area (Å²) in [6.45, 7) is 4.45. The fourth-order valence-electron chi connectivity index (χ4n) is 3.21. The van der Waals surface area contributed by atoms with E-state index in [4.69, 9.17) is 4.42 Å². The van der Waals surface area contributed by atoms with Gasteiger partial charge in [-0.2, -0.15) is 0 Å². The van der Waals surface area contributed by atoms with E-state index >= 15 is 0 Å². The molecule has 0 amide bonds. The fourth-order valence-corrected chi connectivity index (χ4v) is 4.34. The quantitative estimate of drug-likeness (QED) is 0.610. The topological polar surface area (TPSA) is 80.9 Å². The Bertz CT molecular complexity index is 1200. The average molecular weight is 355 g/mol. The largest absolute Gasteiger partial charge is 0.419 e. The molecule has 0 unspecified atom stereocenters. The minimum absolute atomic E-state index is 0.106. The number of nitrogens with one attached hydrogen (secondary N) is 1. The van der Waals surface area contributed by atoms with Crippen LogP contribution < -0.4 is 11.3 Å². The van der Waals surface area contributed by atoms with Crippen molar-refractivity contribution < 1.29 is 4.42 Å². The highest BCUT2D eigenvalue weighted by molar-refractivity contribution is 7.18. The zero-order valence-corrected chi connectivity index (χ0v) is 14.8. The molecule has 128 valence electrons. The molecule has 3 aromatic heterocycles. The van der Waals surface area contributed by atoms with E-state index in [9.17, 15) is 9.59 Å². The molecule has 0 spiro atoms. The first-order valence-corrected chi connectivity index (χ1v) is 8.99. The Morgan fingerprint density at radius 1 is 1.28 bits per heavy atom. The van der Waals surface area contributed by atoms with Gasteiger partial charge in [0, 0.05) is 17.8 Å². The van der Waals surface area contributed by atoms with E-state index in [1.165, 1.54) is 0 Å².